The van der Waals surface area contributed by atoms with Crippen molar-refractivity contribution in [3.05, 3.63) is 95.6 Å². The van der Waals surface area contributed by atoms with Gasteiger partial charge >= 0.3 is 0 Å². The molecule has 43 heavy (non-hydrogen) atoms. The third-order valence-corrected chi connectivity index (χ3v) is 8.01. The van der Waals surface area contributed by atoms with Gasteiger partial charge in [-0.05, 0) is 64.3 Å². The van der Waals surface area contributed by atoms with Crippen LogP contribution in [0.25, 0.3) is 0 Å². The van der Waals surface area contributed by atoms with Crippen molar-refractivity contribution in [2.24, 2.45) is 0 Å². The SMILES string of the molecule is CCOc1ccccc1N(CCCC(=O)N(Cc1ccc(C)cc1)[C@@H](Cc1ccccc1)C(=O)NC(C)(C)C)S(C)(=O)=O. The molecule has 0 aliphatic heterocycles. The molecule has 0 saturated carbocycles. The molecule has 3 rings (SSSR count). The molecule has 0 bridgehead atoms. The number of sulfonamides is 1. The lowest BCUT2D eigenvalue weighted by Gasteiger charge is -2.34. The molecule has 0 aromatic heterocycles. The molecular weight excluding hydrogens is 562 g/mol. The summed E-state index contributed by atoms with van der Waals surface area (Å²) in [5.41, 5.74) is 2.88. The number of benzene rings is 3. The van der Waals surface area contributed by atoms with Crippen LogP contribution in [0.15, 0.2) is 78.9 Å². The first-order valence-electron chi connectivity index (χ1n) is 14.7. The molecule has 0 aliphatic carbocycles. The lowest BCUT2D eigenvalue weighted by Crippen LogP contribution is -2.54. The highest BCUT2D eigenvalue weighted by Gasteiger charge is 2.32. The van der Waals surface area contributed by atoms with Gasteiger partial charge in [0.2, 0.25) is 21.8 Å². The first-order valence-corrected chi connectivity index (χ1v) is 16.5. The van der Waals surface area contributed by atoms with Crippen molar-refractivity contribution >= 4 is 27.5 Å². The van der Waals surface area contributed by atoms with Gasteiger partial charge in [0.15, 0.2) is 0 Å². The Kier molecular flexibility index (Phi) is 11.8. The predicted octanol–water partition coefficient (Wildman–Crippen LogP) is 5.49. The summed E-state index contributed by atoms with van der Waals surface area (Å²) in [6, 6.07) is 23.8. The van der Waals surface area contributed by atoms with Gasteiger partial charge in [-0.25, -0.2) is 8.42 Å². The third-order valence-electron chi connectivity index (χ3n) is 6.83. The van der Waals surface area contributed by atoms with E-state index in [1.807, 2.05) is 89.2 Å². The molecule has 2 amide bonds. The summed E-state index contributed by atoms with van der Waals surface area (Å²) in [7, 11) is -3.66. The van der Waals surface area contributed by atoms with Crippen LogP contribution in [0.1, 0.15) is 57.2 Å². The number of aryl methyl sites for hydroxylation is 1. The van der Waals surface area contributed by atoms with Gasteiger partial charge in [-0.3, -0.25) is 13.9 Å². The number of amides is 2. The van der Waals surface area contributed by atoms with Crippen molar-refractivity contribution in [1.82, 2.24) is 10.2 Å². The quantitative estimate of drug-likeness (QED) is 0.261. The fourth-order valence-corrected chi connectivity index (χ4v) is 5.79. The Labute approximate surface area is 257 Å². The van der Waals surface area contributed by atoms with Crippen LogP contribution in [-0.4, -0.2) is 56.1 Å². The van der Waals surface area contributed by atoms with Gasteiger partial charge in [0, 0.05) is 31.5 Å². The summed E-state index contributed by atoms with van der Waals surface area (Å²) in [5, 5.41) is 3.07. The fraction of sp³-hybridized carbons (Fsp3) is 0.412. The van der Waals surface area contributed by atoms with Crippen molar-refractivity contribution in [2.45, 2.75) is 72.0 Å². The summed E-state index contributed by atoms with van der Waals surface area (Å²) in [6.45, 7) is 10.3. The molecule has 232 valence electrons. The Morgan fingerprint density at radius 1 is 0.907 bits per heavy atom. The second-order valence-electron chi connectivity index (χ2n) is 11.8. The van der Waals surface area contributed by atoms with E-state index in [0.29, 0.717) is 24.5 Å². The van der Waals surface area contributed by atoms with E-state index in [-0.39, 0.29) is 37.7 Å². The van der Waals surface area contributed by atoms with E-state index in [9.17, 15) is 18.0 Å². The number of hydrogen-bond acceptors (Lipinski definition) is 5. The zero-order valence-electron chi connectivity index (χ0n) is 26.2. The smallest absolute Gasteiger partial charge is 0.243 e. The summed E-state index contributed by atoms with van der Waals surface area (Å²) < 4.78 is 32.6. The van der Waals surface area contributed by atoms with Gasteiger partial charge in [-0.2, -0.15) is 0 Å². The molecular formula is C34H45N3O5S. The molecule has 0 radical (unpaired) electrons. The van der Waals surface area contributed by atoms with Crippen LogP contribution in [0, 0.1) is 6.92 Å². The number of nitrogens with one attached hydrogen (secondary N) is 1. The van der Waals surface area contributed by atoms with E-state index in [2.05, 4.69) is 5.32 Å². The molecule has 0 aliphatic rings. The topological polar surface area (TPSA) is 96.0 Å². The van der Waals surface area contributed by atoms with Crippen molar-refractivity contribution in [2.75, 3.05) is 23.7 Å². The van der Waals surface area contributed by atoms with Crippen molar-refractivity contribution in [3.8, 4) is 5.75 Å². The molecule has 0 unspecified atom stereocenters. The fourth-order valence-electron chi connectivity index (χ4n) is 4.82. The summed E-state index contributed by atoms with van der Waals surface area (Å²) >= 11 is 0. The normalized spacial score (nSPS) is 12.3. The summed E-state index contributed by atoms with van der Waals surface area (Å²) in [5.74, 6) is 0.00172. The maximum atomic E-state index is 14.0. The maximum absolute atomic E-state index is 14.0. The van der Waals surface area contributed by atoms with Crippen LogP contribution in [0.3, 0.4) is 0 Å². The van der Waals surface area contributed by atoms with E-state index in [1.165, 1.54) is 4.31 Å². The number of ether oxygens (including phenoxy) is 1. The molecule has 9 heteroatoms. The van der Waals surface area contributed by atoms with Gasteiger partial charge in [0.25, 0.3) is 0 Å². The maximum Gasteiger partial charge on any atom is 0.243 e. The molecule has 0 spiro atoms. The highest BCUT2D eigenvalue weighted by Crippen LogP contribution is 2.30. The first-order chi connectivity index (χ1) is 20.3. The molecule has 8 nitrogen and oxygen atoms in total. The number of carbonyl (C=O) groups is 2. The molecule has 1 atom stereocenters. The third kappa shape index (κ3) is 10.4. The molecule has 0 heterocycles. The Morgan fingerprint density at radius 2 is 1.53 bits per heavy atom. The largest absolute Gasteiger partial charge is 0.492 e. The van der Waals surface area contributed by atoms with Crippen LogP contribution < -0.4 is 14.4 Å². The Bertz CT molecular complexity index is 1450. The highest BCUT2D eigenvalue weighted by molar-refractivity contribution is 7.92. The number of nitrogens with zero attached hydrogens (tertiary/aromatic N) is 2. The number of rotatable bonds is 14. The first kappa shape index (κ1) is 33.6. The average Bonchev–Trinajstić information content (AvgIpc) is 2.93. The molecule has 0 fully saturated rings. The zero-order chi connectivity index (χ0) is 31.6. The Morgan fingerprint density at radius 3 is 2.14 bits per heavy atom. The van der Waals surface area contributed by atoms with Gasteiger partial charge < -0.3 is 15.0 Å². The monoisotopic (exact) mass is 607 g/mol. The highest BCUT2D eigenvalue weighted by atomic mass is 32.2. The van der Waals surface area contributed by atoms with E-state index in [4.69, 9.17) is 4.74 Å². The lowest BCUT2D eigenvalue weighted by molar-refractivity contribution is -0.142. The van der Waals surface area contributed by atoms with Gasteiger partial charge in [0.1, 0.15) is 11.8 Å². The van der Waals surface area contributed by atoms with Gasteiger partial charge in [-0.1, -0.05) is 72.3 Å². The standard InChI is InChI=1S/C34H45N3O5S/c1-7-42-31-17-12-11-16-29(31)37(43(6,40)41)23-13-18-32(38)36(25-28-21-19-26(2)20-22-28)30(33(39)35-34(3,4)5)24-27-14-9-8-10-15-27/h8-12,14-17,19-22,30H,7,13,18,23-25H2,1-6H3,(H,35,39)/t30-/m0/s1. The van der Waals surface area contributed by atoms with E-state index in [1.54, 1.807) is 29.2 Å². The number of para-hydroxylation sites is 2. The second-order valence-corrected chi connectivity index (χ2v) is 13.7. The Hall–Kier alpha value is -3.85. The van der Waals surface area contributed by atoms with E-state index in [0.717, 1.165) is 22.9 Å². The van der Waals surface area contributed by atoms with Crippen LogP contribution in [-0.2, 0) is 32.6 Å². The van der Waals surface area contributed by atoms with Gasteiger partial charge in [0.05, 0.1) is 18.6 Å². The summed E-state index contributed by atoms with van der Waals surface area (Å²) in [6.07, 6.45) is 1.81. The average molecular weight is 608 g/mol. The van der Waals surface area contributed by atoms with Crippen LogP contribution in [0.2, 0.25) is 0 Å². The zero-order valence-corrected chi connectivity index (χ0v) is 27.0. The Balaban J connectivity index is 1.91. The minimum atomic E-state index is -3.66. The van der Waals surface area contributed by atoms with E-state index >= 15 is 0 Å². The minimum Gasteiger partial charge on any atom is -0.492 e. The lowest BCUT2D eigenvalue weighted by atomic mass is 10.00. The van der Waals surface area contributed by atoms with Crippen LogP contribution in [0.4, 0.5) is 5.69 Å². The van der Waals surface area contributed by atoms with Crippen LogP contribution >= 0.6 is 0 Å². The number of carbonyl (C=O) groups excluding carboxylic acids is 2. The molecule has 3 aromatic rings. The molecule has 1 N–H and O–H groups in total. The molecule has 0 saturated heterocycles. The predicted molar refractivity (Wildman–Crippen MR) is 173 cm³/mol. The van der Waals surface area contributed by atoms with Gasteiger partial charge in [-0.15, -0.1) is 0 Å². The minimum absolute atomic E-state index is 0.0583. The second kappa shape index (κ2) is 15.0. The molecule has 3 aromatic carbocycles. The van der Waals surface area contributed by atoms with E-state index < -0.39 is 21.6 Å². The summed E-state index contributed by atoms with van der Waals surface area (Å²) in [4.78, 5) is 29.4. The van der Waals surface area contributed by atoms with Crippen molar-refractivity contribution in [3.63, 3.8) is 0 Å². The van der Waals surface area contributed by atoms with Crippen molar-refractivity contribution < 1.29 is 22.7 Å². The number of anilines is 1. The van der Waals surface area contributed by atoms with Crippen molar-refractivity contribution in [1.29, 1.82) is 0 Å². The van der Waals surface area contributed by atoms with Crippen LogP contribution in [0.5, 0.6) is 5.75 Å². The number of hydrogen-bond donors (Lipinski definition) is 1.